The molecule has 1 saturated heterocycles. The molecule has 3 unspecified atom stereocenters. The van der Waals surface area contributed by atoms with E-state index in [9.17, 15) is 5.11 Å². The molecule has 15 heavy (non-hydrogen) atoms. The summed E-state index contributed by atoms with van der Waals surface area (Å²) < 4.78 is 16.7. The van der Waals surface area contributed by atoms with Crippen LogP contribution >= 0.6 is 0 Å². The van der Waals surface area contributed by atoms with Gasteiger partial charge in [-0.1, -0.05) is 0 Å². The largest absolute Gasteiger partial charge is 0.393 e. The molecule has 0 radical (unpaired) electrons. The zero-order chi connectivity index (χ0) is 11.1. The van der Waals surface area contributed by atoms with E-state index >= 15 is 0 Å². The molecule has 4 nitrogen and oxygen atoms in total. The molecule has 2 aliphatic rings. The molecular formula is C11H20O4. The van der Waals surface area contributed by atoms with Crippen molar-refractivity contribution in [2.75, 3.05) is 13.7 Å². The van der Waals surface area contributed by atoms with E-state index in [1.807, 2.05) is 13.8 Å². The van der Waals surface area contributed by atoms with E-state index in [1.165, 1.54) is 0 Å². The van der Waals surface area contributed by atoms with Crippen molar-refractivity contribution in [3.63, 3.8) is 0 Å². The van der Waals surface area contributed by atoms with Crippen molar-refractivity contribution >= 4 is 0 Å². The summed E-state index contributed by atoms with van der Waals surface area (Å²) >= 11 is 0. The topological polar surface area (TPSA) is 47.9 Å². The molecule has 0 aromatic heterocycles. The molecule has 4 atom stereocenters. The summed E-state index contributed by atoms with van der Waals surface area (Å²) in [5.41, 5.74) is 0. The minimum atomic E-state index is -0.552. The summed E-state index contributed by atoms with van der Waals surface area (Å²) in [5, 5.41) is 9.65. The second-order valence-electron chi connectivity index (χ2n) is 4.90. The van der Waals surface area contributed by atoms with Gasteiger partial charge < -0.3 is 19.3 Å². The fraction of sp³-hybridized carbons (Fsp3) is 1.00. The van der Waals surface area contributed by atoms with E-state index in [1.54, 1.807) is 7.11 Å². The Bertz CT molecular complexity index is 229. The Balaban J connectivity index is 2.01. The van der Waals surface area contributed by atoms with Crippen LogP contribution in [0.25, 0.3) is 0 Å². The van der Waals surface area contributed by atoms with Gasteiger partial charge in [0.25, 0.3) is 0 Å². The molecule has 0 bridgehead atoms. The second-order valence-corrected chi connectivity index (χ2v) is 4.90. The van der Waals surface area contributed by atoms with Crippen molar-refractivity contribution in [1.82, 2.24) is 0 Å². The maximum absolute atomic E-state index is 9.65. The molecule has 0 amide bonds. The Morgan fingerprint density at radius 3 is 2.53 bits per heavy atom. The quantitative estimate of drug-likeness (QED) is 0.762. The number of rotatable bonds is 3. The summed E-state index contributed by atoms with van der Waals surface area (Å²) in [6.07, 6.45) is 1.59. The molecule has 2 fully saturated rings. The third-order valence-electron chi connectivity index (χ3n) is 3.26. The van der Waals surface area contributed by atoms with E-state index in [-0.39, 0.29) is 24.2 Å². The normalized spacial score (nSPS) is 44.0. The van der Waals surface area contributed by atoms with Crippen molar-refractivity contribution in [1.29, 1.82) is 0 Å². The van der Waals surface area contributed by atoms with Crippen LogP contribution in [0.2, 0.25) is 0 Å². The van der Waals surface area contributed by atoms with Crippen molar-refractivity contribution in [3.05, 3.63) is 0 Å². The van der Waals surface area contributed by atoms with Gasteiger partial charge in [0.15, 0.2) is 5.79 Å². The Kier molecular flexibility index (Phi) is 3.03. The van der Waals surface area contributed by atoms with Crippen molar-refractivity contribution < 1.29 is 19.3 Å². The molecule has 0 spiro atoms. The Labute approximate surface area is 90.5 Å². The number of aliphatic hydroxyl groups excluding tert-OH is 1. The molecule has 2 rings (SSSR count). The molecule has 0 aromatic rings. The van der Waals surface area contributed by atoms with Crippen LogP contribution in [0.1, 0.15) is 26.7 Å². The van der Waals surface area contributed by atoms with Gasteiger partial charge in [0, 0.05) is 13.0 Å². The van der Waals surface area contributed by atoms with Gasteiger partial charge in [-0.25, -0.2) is 0 Å². The van der Waals surface area contributed by atoms with Gasteiger partial charge in [-0.3, -0.25) is 0 Å². The van der Waals surface area contributed by atoms with Crippen LogP contribution in [0.3, 0.4) is 0 Å². The maximum Gasteiger partial charge on any atom is 0.163 e. The van der Waals surface area contributed by atoms with E-state index in [4.69, 9.17) is 14.2 Å². The molecule has 0 aromatic carbocycles. The number of hydrogen-bond acceptors (Lipinski definition) is 4. The van der Waals surface area contributed by atoms with Crippen LogP contribution in [-0.4, -0.2) is 42.9 Å². The van der Waals surface area contributed by atoms with Crippen LogP contribution in [0.5, 0.6) is 0 Å². The second kappa shape index (κ2) is 4.01. The van der Waals surface area contributed by atoms with E-state index < -0.39 is 5.79 Å². The standard InChI is InChI=1S/C11H20O4/c1-11(2)14-9(6-13-3)10(15-11)7-4-5-8(7)12/h7-10,12H,4-6H2,1-3H3/t7?,8?,9-,10?/m1/s1. The third-order valence-corrected chi connectivity index (χ3v) is 3.26. The van der Waals surface area contributed by atoms with Crippen molar-refractivity contribution in [2.24, 2.45) is 5.92 Å². The molecule has 1 aliphatic heterocycles. The fourth-order valence-corrected chi connectivity index (χ4v) is 2.41. The SMILES string of the molecule is COC[C@H]1OC(C)(C)OC1C1CCC1O. The Morgan fingerprint density at radius 1 is 1.33 bits per heavy atom. The molecule has 4 heteroatoms. The zero-order valence-electron chi connectivity index (χ0n) is 9.60. The molecule has 1 heterocycles. The summed E-state index contributed by atoms with van der Waals surface area (Å²) in [6, 6.07) is 0. The van der Waals surface area contributed by atoms with Gasteiger partial charge in [0.05, 0.1) is 18.8 Å². The van der Waals surface area contributed by atoms with Gasteiger partial charge in [0.1, 0.15) is 6.10 Å². The van der Waals surface area contributed by atoms with Crippen molar-refractivity contribution in [3.8, 4) is 0 Å². The monoisotopic (exact) mass is 216 g/mol. The lowest BCUT2D eigenvalue weighted by molar-refractivity contribution is -0.162. The summed E-state index contributed by atoms with van der Waals surface area (Å²) in [5.74, 6) is -0.338. The lowest BCUT2D eigenvalue weighted by Crippen LogP contribution is -2.46. The number of aliphatic hydroxyl groups is 1. The average Bonchev–Trinajstić information content (AvgIpc) is 2.40. The average molecular weight is 216 g/mol. The highest BCUT2D eigenvalue weighted by Crippen LogP contribution is 2.40. The minimum absolute atomic E-state index is 0.0244. The molecule has 1 aliphatic carbocycles. The van der Waals surface area contributed by atoms with E-state index in [0.717, 1.165) is 12.8 Å². The molecule has 1 saturated carbocycles. The number of hydrogen-bond donors (Lipinski definition) is 1. The highest BCUT2D eigenvalue weighted by atomic mass is 16.8. The van der Waals surface area contributed by atoms with Crippen LogP contribution in [-0.2, 0) is 14.2 Å². The van der Waals surface area contributed by atoms with Crippen LogP contribution in [0.15, 0.2) is 0 Å². The number of methoxy groups -OCH3 is 1. The molecular weight excluding hydrogens is 196 g/mol. The van der Waals surface area contributed by atoms with Crippen LogP contribution < -0.4 is 0 Å². The smallest absolute Gasteiger partial charge is 0.163 e. The highest BCUT2D eigenvalue weighted by molar-refractivity contribution is 4.94. The van der Waals surface area contributed by atoms with Gasteiger partial charge >= 0.3 is 0 Å². The fourth-order valence-electron chi connectivity index (χ4n) is 2.41. The summed E-state index contributed by atoms with van der Waals surface area (Å²) in [6.45, 7) is 4.33. The molecule has 88 valence electrons. The summed E-state index contributed by atoms with van der Waals surface area (Å²) in [4.78, 5) is 0. The highest BCUT2D eigenvalue weighted by Gasteiger charge is 2.49. The van der Waals surface area contributed by atoms with Gasteiger partial charge in [-0.05, 0) is 26.7 Å². The van der Waals surface area contributed by atoms with Crippen LogP contribution in [0.4, 0.5) is 0 Å². The predicted molar refractivity (Wildman–Crippen MR) is 54.4 cm³/mol. The Morgan fingerprint density at radius 2 is 2.07 bits per heavy atom. The lowest BCUT2D eigenvalue weighted by atomic mass is 9.76. The maximum atomic E-state index is 9.65. The van der Waals surface area contributed by atoms with Gasteiger partial charge in [0.2, 0.25) is 0 Å². The summed E-state index contributed by atoms with van der Waals surface area (Å²) in [7, 11) is 1.66. The number of ether oxygens (including phenoxy) is 3. The van der Waals surface area contributed by atoms with Crippen LogP contribution in [0, 0.1) is 5.92 Å². The van der Waals surface area contributed by atoms with Gasteiger partial charge in [-0.2, -0.15) is 0 Å². The predicted octanol–water partition coefficient (Wildman–Crippen LogP) is 0.924. The van der Waals surface area contributed by atoms with E-state index in [0.29, 0.717) is 6.61 Å². The first-order valence-corrected chi connectivity index (χ1v) is 5.56. The molecule has 1 N–H and O–H groups in total. The first kappa shape index (κ1) is 11.3. The van der Waals surface area contributed by atoms with Gasteiger partial charge in [-0.15, -0.1) is 0 Å². The zero-order valence-corrected chi connectivity index (χ0v) is 9.60. The van der Waals surface area contributed by atoms with E-state index in [2.05, 4.69) is 0 Å². The van der Waals surface area contributed by atoms with Crippen molar-refractivity contribution in [2.45, 2.75) is 50.8 Å². The lowest BCUT2D eigenvalue weighted by Gasteiger charge is -2.37. The Hall–Kier alpha value is -0.160. The third kappa shape index (κ3) is 2.18. The first-order valence-electron chi connectivity index (χ1n) is 5.56. The first-order chi connectivity index (χ1) is 7.03. The minimum Gasteiger partial charge on any atom is -0.393 e.